The third-order valence-electron chi connectivity index (χ3n) is 11.6. The van der Waals surface area contributed by atoms with Crippen LogP contribution in [0.25, 0.3) is 55.6 Å². The second kappa shape index (κ2) is 8.95. The van der Waals surface area contributed by atoms with Crippen LogP contribution < -0.4 is 0 Å². The fraction of sp³-hybridized carbons (Fsp3) is 0.200. The molecule has 0 aromatic heterocycles. The third-order valence-corrected chi connectivity index (χ3v) is 11.6. The normalized spacial score (nSPS) is 15.6. The van der Waals surface area contributed by atoms with Crippen molar-refractivity contribution in [3.8, 4) is 55.6 Å². The molecule has 218 valence electrons. The first kappa shape index (κ1) is 26.7. The van der Waals surface area contributed by atoms with Crippen molar-refractivity contribution in [1.82, 2.24) is 0 Å². The topological polar surface area (TPSA) is 0 Å². The van der Waals surface area contributed by atoms with Gasteiger partial charge in [-0.2, -0.15) is 0 Å². The predicted octanol–water partition coefficient (Wildman–Crippen LogP) is 11.8. The smallest absolute Gasteiger partial charge is 0.0161 e. The second-order valence-corrected chi connectivity index (χ2v) is 14.6. The first-order valence-corrected chi connectivity index (χ1v) is 16.4. The van der Waals surface area contributed by atoms with E-state index in [1.54, 1.807) is 0 Å². The Morgan fingerprint density at radius 3 is 1.62 bits per heavy atom. The van der Waals surface area contributed by atoms with Gasteiger partial charge in [-0.3, -0.25) is 0 Å². The minimum absolute atomic E-state index is 0.00681. The van der Waals surface area contributed by atoms with Crippen LogP contribution in [0.3, 0.4) is 0 Å². The summed E-state index contributed by atoms with van der Waals surface area (Å²) in [5, 5.41) is 0. The monoisotopic (exact) mass is 578 g/mol. The molecule has 0 spiro atoms. The van der Waals surface area contributed by atoms with Crippen LogP contribution in [0.5, 0.6) is 0 Å². The average molecular weight is 579 g/mol. The lowest BCUT2D eigenvalue weighted by Gasteiger charge is -2.25. The van der Waals surface area contributed by atoms with Gasteiger partial charge >= 0.3 is 0 Å². The van der Waals surface area contributed by atoms with Gasteiger partial charge in [-0.1, -0.05) is 125 Å². The Morgan fingerprint density at radius 2 is 0.933 bits per heavy atom. The van der Waals surface area contributed by atoms with Crippen LogP contribution >= 0.6 is 0 Å². The lowest BCUT2D eigenvalue weighted by atomic mass is 9.78. The maximum absolute atomic E-state index is 2.48. The Labute approximate surface area is 267 Å². The third kappa shape index (κ3) is 3.49. The maximum atomic E-state index is 2.48. The van der Waals surface area contributed by atoms with E-state index in [-0.39, 0.29) is 10.8 Å². The number of hydrogen-bond acceptors (Lipinski definition) is 0. The van der Waals surface area contributed by atoms with E-state index >= 15 is 0 Å². The van der Waals surface area contributed by atoms with Gasteiger partial charge in [0.2, 0.25) is 0 Å². The molecule has 0 atom stereocenters. The molecular formula is C45H38. The average Bonchev–Trinajstić information content (AvgIpc) is 3.62. The van der Waals surface area contributed by atoms with Crippen LogP contribution in [-0.4, -0.2) is 0 Å². The van der Waals surface area contributed by atoms with Crippen LogP contribution in [0.1, 0.15) is 72.2 Å². The Morgan fingerprint density at radius 1 is 0.422 bits per heavy atom. The molecule has 6 aromatic rings. The van der Waals surface area contributed by atoms with Gasteiger partial charge in [0.25, 0.3) is 0 Å². The first-order valence-electron chi connectivity index (χ1n) is 16.4. The van der Waals surface area contributed by atoms with Crippen LogP contribution in [-0.2, 0) is 17.3 Å². The van der Waals surface area contributed by atoms with E-state index in [1.165, 1.54) is 100 Å². The van der Waals surface area contributed by atoms with E-state index < -0.39 is 0 Å². The molecule has 0 saturated carbocycles. The zero-order valence-corrected chi connectivity index (χ0v) is 27.1. The molecule has 0 nitrogen and oxygen atoms in total. The zero-order valence-electron chi connectivity index (χ0n) is 27.1. The lowest BCUT2D eigenvalue weighted by molar-refractivity contribution is 0.655. The summed E-state index contributed by atoms with van der Waals surface area (Å²) in [4.78, 5) is 0. The van der Waals surface area contributed by atoms with Crippen molar-refractivity contribution in [2.75, 3.05) is 0 Å². The number of hydrogen-bond donors (Lipinski definition) is 0. The summed E-state index contributed by atoms with van der Waals surface area (Å²) in [5.41, 5.74) is 25.1. The van der Waals surface area contributed by atoms with Crippen molar-refractivity contribution >= 4 is 0 Å². The minimum atomic E-state index is -0.0856. The summed E-state index contributed by atoms with van der Waals surface area (Å²) in [6.45, 7) is 14.2. The van der Waals surface area contributed by atoms with Gasteiger partial charge in [0.05, 0.1) is 0 Å². The lowest BCUT2D eigenvalue weighted by Crippen LogP contribution is -2.17. The highest BCUT2D eigenvalue weighted by Gasteiger charge is 2.39. The van der Waals surface area contributed by atoms with Crippen molar-refractivity contribution in [2.24, 2.45) is 0 Å². The van der Waals surface area contributed by atoms with Gasteiger partial charge in [-0.15, -0.1) is 0 Å². The van der Waals surface area contributed by atoms with Gasteiger partial charge in [-0.25, -0.2) is 0 Å². The highest BCUT2D eigenvalue weighted by atomic mass is 14.4. The first-order chi connectivity index (χ1) is 21.7. The Kier molecular flexibility index (Phi) is 5.31. The summed E-state index contributed by atoms with van der Waals surface area (Å²) in [7, 11) is 0. The van der Waals surface area contributed by atoms with Gasteiger partial charge in [0.1, 0.15) is 0 Å². The molecule has 3 aliphatic rings. The predicted molar refractivity (Wildman–Crippen MR) is 190 cm³/mol. The largest absolute Gasteiger partial charge is 0.0619 e. The SMILES string of the molecule is Cc1c(-c2ccc3c(c2)C(C)(C)c2cc(-c4ccc5c(c4C)C(C)(C)c4ccccc4-5)ccc2-3)ccc2c1Cc1ccccc1-2. The van der Waals surface area contributed by atoms with Crippen LogP contribution in [0.4, 0.5) is 0 Å². The van der Waals surface area contributed by atoms with Crippen LogP contribution in [0, 0.1) is 13.8 Å². The van der Waals surface area contributed by atoms with E-state index in [2.05, 4.69) is 151 Å². The molecular weight excluding hydrogens is 540 g/mol. The maximum Gasteiger partial charge on any atom is 0.0161 e. The molecule has 9 rings (SSSR count). The quantitative estimate of drug-likeness (QED) is 0.191. The van der Waals surface area contributed by atoms with Crippen molar-refractivity contribution in [2.45, 2.75) is 58.8 Å². The van der Waals surface area contributed by atoms with Crippen LogP contribution in [0.2, 0.25) is 0 Å². The highest BCUT2D eigenvalue weighted by molar-refractivity contribution is 5.90. The summed E-state index contributed by atoms with van der Waals surface area (Å²) in [5.74, 6) is 0. The molecule has 45 heavy (non-hydrogen) atoms. The standard InChI is InChI=1S/C45H38/c1-26-31(19-21-34-33-12-8-7-11-28(33)23-39(26)34)29-15-17-36-37-18-16-30(25-42(37)44(3,4)41(36)24-29)32-20-22-38-35-13-9-10-14-40(35)45(5,6)43(38)27(32)2/h7-22,24-25H,23H2,1-6H3. The Hall–Kier alpha value is -4.68. The Balaban J connectivity index is 1.12. The molecule has 0 heterocycles. The van der Waals surface area contributed by atoms with Crippen molar-refractivity contribution in [3.63, 3.8) is 0 Å². The number of fused-ring (bicyclic) bond motifs is 9. The van der Waals surface area contributed by atoms with Gasteiger partial charge in [0.15, 0.2) is 0 Å². The van der Waals surface area contributed by atoms with Crippen molar-refractivity contribution < 1.29 is 0 Å². The molecule has 0 fully saturated rings. The fourth-order valence-electron chi connectivity index (χ4n) is 9.20. The molecule has 0 bridgehead atoms. The highest BCUT2D eigenvalue weighted by Crippen LogP contribution is 2.54. The van der Waals surface area contributed by atoms with E-state index in [0.29, 0.717) is 0 Å². The van der Waals surface area contributed by atoms with Gasteiger partial charge in [0, 0.05) is 10.8 Å². The summed E-state index contributed by atoms with van der Waals surface area (Å²) in [6, 6.07) is 41.6. The van der Waals surface area contributed by atoms with Crippen molar-refractivity contribution in [3.05, 3.63) is 154 Å². The molecule has 0 N–H and O–H groups in total. The Bertz CT molecular complexity index is 2250. The van der Waals surface area contributed by atoms with E-state index in [9.17, 15) is 0 Å². The van der Waals surface area contributed by atoms with Gasteiger partial charge in [-0.05, 0) is 133 Å². The molecule has 6 aromatic carbocycles. The summed E-state index contributed by atoms with van der Waals surface area (Å²) < 4.78 is 0. The molecule has 3 aliphatic carbocycles. The molecule has 0 saturated heterocycles. The molecule has 0 amide bonds. The second-order valence-electron chi connectivity index (χ2n) is 14.6. The summed E-state index contributed by atoms with van der Waals surface area (Å²) >= 11 is 0. The molecule has 0 aliphatic heterocycles. The number of rotatable bonds is 2. The fourth-order valence-corrected chi connectivity index (χ4v) is 9.20. The van der Waals surface area contributed by atoms with Gasteiger partial charge < -0.3 is 0 Å². The van der Waals surface area contributed by atoms with E-state index in [1.807, 2.05) is 0 Å². The van der Waals surface area contributed by atoms with E-state index in [4.69, 9.17) is 0 Å². The summed E-state index contributed by atoms with van der Waals surface area (Å²) in [6.07, 6.45) is 1.03. The number of benzene rings is 6. The zero-order chi connectivity index (χ0) is 30.8. The van der Waals surface area contributed by atoms with Crippen LogP contribution in [0.15, 0.2) is 109 Å². The van der Waals surface area contributed by atoms with Crippen molar-refractivity contribution in [1.29, 1.82) is 0 Å². The van der Waals surface area contributed by atoms with E-state index in [0.717, 1.165) is 6.42 Å². The minimum Gasteiger partial charge on any atom is -0.0619 e. The molecule has 0 radical (unpaired) electrons. The molecule has 0 unspecified atom stereocenters. The molecule has 0 heteroatoms.